The van der Waals surface area contributed by atoms with Gasteiger partial charge in [0.2, 0.25) is 0 Å². The minimum atomic E-state index is -1.19. The average molecular weight is 567 g/mol. The zero-order valence-corrected chi connectivity index (χ0v) is 21.7. The quantitative estimate of drug-likeness (QED) is 0.185. The molecule has 0 radical (unpaired) electrons. The van der Waals surface area contributed by atoms with E-state index >= 15 is 0 Å². The molecule has 1 atom stereocenters. The molecule has 0 spiro atoms. The second-order valence-corrected chi connectivity index (χ2v) is 9.29. The van der Waals surface area contributed by atoms with E-state index < -0.39 is 44.0 Å². The van der Waals surface area contributed by atoms with Crippen LogP contribution in [0.3, 0.4) is 0 Å². The molecule has 3 aromatic carbocycles. The fourth-order valence-corrected chi connectivity index (χ4v) is 4.37. The van der Waals surface area contributed by atoms with E-state index in [9.17, 15) is 39.9 Å². The lowest BCUT2D eigenvalue weighted by molar-refractivity contribution is -0.394. The Bertz CT molecular complexity index is 1450. The summed E-state index contributed by atoms with van der Waals surface area (Å²) < 4.78 is 0. The number of nitrogens with zero attached hydrogens (tertiary/aromatic N) is 4. The number of carbonyl (C=O) groups is 2. The number of hydrogen-bond donors (Lipinski definition) is 2. The first-order valence-electron chi connectivity index (χ1n) is 11.5. The number of nitro groups is 3. The molecule has 40 heavy (non-hydrogen) atoms. The summed E-state index contributed by atoms with van der Waals surface area (Å²) in [5.74, 6) is -1.11. The summed E-state index contributed by atoms with van der Waals surface area (Å²) in [5, 5.41) is 39.9. The molecule has 0 fully saturated rings. The highest BCUT2D eigenvalue weighted by Gasteiger charge is 2.25. The monoisotopic (exact) mass is 566 g/mol. The number of hydrazone groups is 1. The lowest BCUT2D eigenvalue weighted by Gasteiger charge is -2.17. The highest BCUT2D eigenvalue weighted by Crippen LogP contribution is 2.23. The van der Waals surface area contributed by atoms with Gasteiger partial charge >= 0.3 is 0 Å². The molecular weight excluding hydrogens is 544 g/mol. The van der Waals surface area contributed by atoms with Crippen molar-refractivity contribution in [2.24, 2.45) is 5.10 Å². The van der Waals surface area contributed by atoms with E-state index in [0.717, 1.165) is 23.8 Å². The van der Waals surface area contributed by atoms with Crippen LogP contribution in [0, 0.1) is 30.3 Å². The van der Waals surface area contributed by atoms with Crippen molar-refractivity contribution in [3.63, 3.8) is 0 Å². The molecule has 0 aromatic heterocycles. The van der Waals surface area contributed by atoms with E-state index in [-0.39, 0.29) is 22.7 Å². The van der Waals surface area contributed by atoms with Crippen LogP contribution in [-0.4, -0.2) is 44.1 Å². The van der Waals surface area contributed by atoms with Crippen molar-refractivity contribution in [3.05, 3.63) is 120 Å². The van der Waals surface area contributed by atoms with Gasteiger partial charge in [-0.05, 0) is 12.5 Å². The summed E-state index contributed by atoms with van der Waals surface area (Å²) in [6.45, 7) is 1.53. The second-order valence-electron chi connectivity index (χ2n) is 8.26. The summed E-state index contributed by atoms with van der Waals surface area (Å²) in [5.41, 5.74) is 2.09. The molecule has 2 N–H and O–H groups in total. The van der Waals surface area contributed by atoms with Crippen LogP contribution in [0.5, 0.6) is 0 Å². The number of benzene rings is 3. The van der Waals surface area contributed by atoms with Crippen molar-refractivity contribution in [1.29, 1.82) is 0 Å². The third-order valence-electron chi connectivity index (χ3n) is 5.41. The molecule has 0 aliphatic rings. The molecule has 0 unspecified atom stereocenters. The molecule has 206 valence electrons. The lowest BCUT2D eigenvalue weighted by Crippen LogP contribution is -2.47. The Morgan fingerprint density at radius 1 is 0.825 bits per heavy atom. The number of thioether (sulfide) groups is 1. The lowest BCUT2D eigenvalue weighted by atomic mass is 10.1. The molecule has 14 nitrogen and oxygen atoms in total. The van der Waals surface area contributed by atoms with Gasteiger partial charge in [0.1, 0.15) is 6.04 Å². The van der Waals surface area contributed by atoms with Crippen LogP contribution in [0.2, 0.25) is 0 Å². The number of nitrogens with one attached hydrogen (secondary N) is 2. The van der Waals surface area contributed by atoms with Crippen molar-refractivity contribution >= 4 is 46.4 Å². The normalized spacial score (nSPS) is 11.8. The van der Waals surface area contributed by atoms with Gasteiger partial charge in [0.25, 0.3) is 28.9 Å². The Labute approximate surface area is 230 Å². The number of carbonyl (C=O) groups excluding carboxylic acids is 2. The molecule has 0 heterocycles. The molecule has 0 aliphatic heterocycles. The van der Waals surface area contributed by atoms with E-state index in [1.54, 1.807) is 6.07 Å². The third kappa shape index (κ3) is 8.16. The smallest absolute Gasteiger partial charge is 0.277 e. The Morgan fingerprint density at radius 3 is 2.02 bits per heavy atom. The minimum Gasteiger partial charge on any atom is -0.339 e. The van der Waals surface area contributed by atoms with E-state index in [4.69, 9.17) is 0 Å². The summed E-state index contributed by atoms with van der Waals surface area (Å²) >= 11 is 1.32. The van der Waals surface area contributed by atoms with E-state index in [1.165, 1.54) is 36.9 Å². The summed E-state index contributed by atoms with van der Waals surface area (Å²) in [4.78, 5) is 57.2. The van der Waals surface area contributed by atoms with Gasteiger partial charge in [-0.3, -0.25) is 39.9 Å². The predicted molar refractivity (Wildman–Crippen MR) is 147 cm³/mol. The zero-order valence-electron chi connectivity index (χ0n) is 20.9. The zero-order chi connectivity index (χ0) is 29.2. The summed E-state index contributed by atoms with van der Waals surface area (Å²) in [6.07, 6.45) is 0. The molecule has 0 saturated heterocycles. The van der Waals surface area contributed by atoms with Crippen molar-refractivity contribution < 1.29 is 24.4 Å². The first-order chi connectivity index (χ1) is 19.0. The summed E-state index contributed by atoms with van der Waals surface area (Å²) in [7, 11) is 0. The van der Waals surface area contributed by atoms with E-state index in [1.807, 2.05) is 30.3 Å². The van der Waals surface area contributed by atoms with Crippen LogP contribution in [-0.2, 0) is 10.5 Å². The third-order valence-corrected chi connectivity index (χ3v) is 6.52. The average Bonchev–Trinajstić information content (AvgIpc) is 2.95. The van der Waals surface area contributed by atoms with Gasteiger partial charge in [0.15, 0.2) is 0 Å². The van der Waals surface area contributed by atoms with Crippen molar-refractivity contribution in [1.82, 2.24) is 10.7 Å². The largest absolute Gasteiger partial charge is 0.339 e. The predicted octanol–water partition coefficient (Wildman–Crippen LogP) is 3.98. The first-order valence-corrected chi connectivity index (χ1v) is 12.7. The molecule has 0 bridgehead atoms. The maximum atomic E-state index is 13.0. The van der Waals surface area contributed by atoms with Crippen molar-refractivity contribution in [3.8, 4) is 0 Å². The Kier molecular flexibility index (Phi) is 9.96. The standard InChI is InChI=1S/C25H22N6O8S/c1-16(18-8-5-9-20(10-18)29(34)35)27-28-25(33)23(15-40-14-17-6-3-2-4-7-17)26-24(32)19-11-21(30(36)37)13-22(12-19)31(38)39/h2-13,23H,14-15H2,1H3,(H,26,32)(H,28,33)/b27-16-/t23-/m0/s1. The van der Waals surface area contributed by atoms with Crippen molar-refractivity contribution in [2.45, 2.75) is 18.7 Å². The van der Waals surface area contributed by atoms with Crippen LogP contribution in [0.4, 0.5) is 17.1 Å². The maximum absolute atomic E-state index is 13.0. The van der Waals surface area contributed by atoms with Crippen LogP contribution >= 0.6 is 11.8 Å². The van der Waals surface area contributed by atoms with Gasteiger partial charge in [-0.1, -0.05) is 42.5 Å². The number of nitro benzene ring substituents is 3. The Balaban J connectivity index is 1.81. The van der Waals surface area contributed by atoms with Crippen LogP contribution in [0.15, 0.2) is 77.9 Å². The highest BCUT2D eigenvalue weighted by atomic mass is 32.2. The Hall–Kier alpha value is -5.18. The van der Waals surface area contributed by atoms with Gasteiger partial charge < -0.3 is 5.32 Å². The molecule has 3 rings (SSSR count). The maximum Gasteiger partial charge on any atom is 0.277 e. The van der Waals surface area contributed by atoms with Gasteiger partial charge in [0, 0.05) is 41.3 Å². The number of rotatable bonds is 12. The van der Waals surface area contributed by atoms with Crippen LogP contribution < -0.4 is 10.7 Å². The SMILES string of the molecule is C/C(=N/NC(=O)[C@H](CSCc1ccccc1)NC(=O)c1cc([N+](=O)[O-])cc([N+](=O)[O-])c1)c1cccc([N+](=O)[O-])c1. The topological polar surface area (TPSA) is 200 Å². The number of hydrogen-bond acceptors (Lipinski definition) is 10. The molecule has 0 aliphatic carbocycles. The van der Waals surface area contributed by atoms with E-state index in [0.29, 0.717) is 11.3 Å². The minimum absolute atomic E-state index is 0.0643. The van der Waals surface area contributed by atoms with Gasteiger partial charge in [-0.2, -0.15) is 16.9 Å². The molecule has 0 saturated carbocycles. The Morgan fingerprint density at radius 2 is 1.43 bits per heavy atom. The molecule has 3 aromatic rings. The number of non-ortho nitro benzene ring substituents is 3. The van der Waals surface area contributed by atoms with E-state index in [2.05, 4.69) is 15.8 Å². The fourth-order valence-electron chi connectivity index (χ4n) is 3.36. The molecular formula is C25H22N6O8S. The van der Waals surface area contributed by atoms with Gasteiger partial charge in [0.05, 0.1) is 32.1 Å². The summed E-state index contributed by atoms with van der Waals surface area (Å²) in [6, 6.07) is 16.2. The van der Waals surface area contributed by atoms with Crippen molar-refractivity contribution in [2.75, 3.05) is 5.75 Å². The van der Waals surface area contributed by atoms with Crippen LogP contribution in [0.25, 0.3) is 0 Å². The molecule has 15 heteroatoms. The second kappa shape index (κ2) is 13.6. The van der Waals surface area contributed by atoms with Gasteiger partial charge in [-0.25, -0.2) is 5.43 Å². The van der Waals surface area contributed by atoms with Gasteiger partial charge in [-0.15, -0.1) is 0 Å². The fraction of sp³-hybridized carbons (Fsp3) is 0.160. The first kappa shape index (κ1) is 29.4. The molecule has 2 amide bonds. The highest BCUT2D eigenvalue weighted by molar-refractivity contribution is 7.98. The number of amides is 2. The van der Waals surface area contributed by atoms with Crippen LogP contribution in [0.1, 0.15) is 28.4 Å².